The molecule has 0 aromatic heterocycles. The second-order valence-electron chi connectivity index (χ2n) is 7.27. The maximum Gasteiger partial charge on any atom is 0.241 e. The van der Waals surface area contributed by atoms with Gasteiger partial charge in [-0.15, -0.1) is 0 Å². The van der Waals surface area contributed by atoms with Gasteiger partial charge in [-0.2, -0.15) is 0 Å². The first-order valence-electron chi connectivity index (χ1n) is 9.36. The molecule has 1 atom stereocenters. The first kappa shape index (κ1) is 20.8. The lowest BCUT2D eigenvalue weighted by Crippen LogP contribution is -2.48. The Morgan fingerprint density at radius 1 is 1.00 bits per heavy atom. The van der Waals surface area contributed by atoms with Gasteiger partial charge >= 0.3 is 0 Å². The quantitative estimate of drug-likeness (QED) is 0.624. The van der Waals surface area contributed by atoms with Gasteiger partial charge < -0.3 is 4.90 Å². The first-order chi connectivity index (χ1) is 14.3. The Morgan fingerprint density at radius 3 is 2.40 bits per heavy atom. The zero-order valence-electron chi connectivity index (χ0n) is 15.9. The molecule has 1 unspecified atom stereocenters. The van der Waals surface area contributed by atoms with E-state index in [4.69, 9.17) is 11.6 Å². The lowest BCUT2D eigenvalue weighted by molar-refractivity contribution is 0.521. The molecule has 1 heterocycles. The summed E-state index contributed by atoms with van der Waals surface area (Å²) in [6.07, 6.45) is 0.439. The molecule has 0 bridgehead atoms. The molecular formula is C22H19ClF2N2O2S. The second kappa shape index (κ2) is 8.34. The van der Waals surface area contributed by atoms with Gasteiger partial charge in [0.25, 0.3) is 0 Å². The minimum absolute atomic E-state index is 0.388. The average molecular weight is 449 g/mol. The highest BCUT2D eigenvalue weighted by molar-refractivity contribution is 7.89. The summed E-state index contributed by atoms with van der Waals surface area (Å²) in [7, 11) is -4.09. The van der Waals surface area contributed by atoms with Crippen LogP contribution in [0.4, 0.5) is 14.5 Å². The molecule has 30 heavy (non-hydrogen) atoms. The molecule has 8 heteroatoms. The third-order valence-corrected chi connectivity index (χ3v) is 6.71. The Balaban J connectivity index is 1.62. The minimum atomic E-state index is -4.09. The van der Waals surface area contributed by atoms with Crippen LogP contribution < -0.4 is 9.62 Å². The number of anilines is 1. The fourth-order valence-corrected chi connectivity index (χ4v) is 5.14. The van der Waals surface area contributed by atoms with E-state index in [0.717, 1.165) is 28.9 Å². The average Bonchev–Trinajstić information content (AvgIpc) is 2.68. The van der Waals surface area contributed by atoms with E-state index in [1.807, 2.05) is 42.5 Å². The van der Waals surface area contributed by atoms with Crippen molar-refractivity contribution in [2.24, 2.45) is 0 Å². The van der Waals surface area contributed by atoms with Crippen molar-refractivity contribution in [1.82, 2.24) is 4.72 Å². The molecule has 0 saturated heterocycles. The van der Waals surface area contributed by atoms with Gasteiger partial charge in [0.1, 0.15) is 11.6 Å². The third-order valence-electron chi connectivity index (χ3n) is 4.98. The lowest BCUT2D eigenvalue weighted by Gasteiger charge is -2.36. The molecule has 0 spiro atoms. The van der Waals surface area contributed by atoms with E-state index >= 15 is 0 Å². The second-order valence-corrected chi connectivity index (χ2v) is 9.42. The van der Waals surface area contributed by atoms with E-state index in [-0.39, 0.29) is 0 Å². The standard InChI is InChI=1S/C22H19ClF2N2O2S/c23-17-7-6-16-8-20(26-30(28,29)21-11-18(24)10-19(25)12-21)14-27(22(16)9-17)13-15-4-2-1-3-5-15/h1-7,9-12,20,26H,8,13-14H2. The molecule has 1 aliphatic rings. The molecule has 4 nitrogen and oxygen atoms in total. The molecule has 156 valence electrons. The number of nitrogens with zero attached hydrogens (tertiary/aromatic N) is 1. The Morgan fingerprint density at radius 2 is 1.70 bits per heavy atom. The molecule has 1 N–H and O–H groups in total. The van der Waals surface area contributed by atoms with Crippen molar-refractivity contribution in [3.05, 3.63) is 94.5 Å². The van der Waals surface area contributed by atoms with E-state index in [2.05, 4.69) is 9.62 Å². The Kier molecular flexibility index (Phi) is 5.77. The van der Waals surface area contributed by atoms with Crippen LogP contribution in [0.2, 0.25) is 5.02 Å². The van der Waals surface area contributed by atoms with Gasteiger partial charge in [0.2, 0.25) is 10.0 Å². The van der Waals surface area contributed by atoms with E-state index in [1.54, 1.807) is 6.07 Å². The van der Waals surface area contributed by atoms with Gasteiger partial charge in [-0.05, 0) is 41.8 Å². The van der Waals surface area contributed by atoms with Gasteiger partial charge in [0.05, 0.1) is 4.90 Å². The monoisotopic (exact) mass is 448 g/mol. The van der Waals surface area contributed by atoms with Gasteiger partial charge in [-0.3, -0.25) is 0 Å². The predicted molar refractivity (Wildman–Crippen MR) is 113 cm³/mol. The molecule has 3 aromatic carbocycles. The highest BCUT2D eigenvalue weighted by atomic mass is 35.5. The highest BCUT2D eigenvalue weighted by Gasteiger charge is 2.29. The molecular weight excluding hydrogens is 430 g/mol. The summed E-state index contributed by atoms with van der Waals surface area (Å²) in [5.74, 6) is -1.88. The zero-order valence-corrected chi connectivity index (χ0v) is 17.4. The maximum absolute atomic E-state index is 13.5. The largest absolute Gasteiger partial charge is 0.365 e. The van der Waals surface area contributed by atoms with E-state index < -0.39 is 32.6 Å². The van der Waals surface area contributed by atoms with Gasteiger partial charge in [0.15, 0.2) is 0 Å². The number of benzene rings is 3. The summed E-state index contributed by atoms with van der Waals surface area (Å²) in [5.41, 5.74) is 2.96. The van der Waals surface area contributed by atoms with Crippen LogP contribution in [0.1, 0.15) is 11.1 Å². The smallest absolute Gasteiger partial charge is 0.241 e. The van der Waals surface area contributed by atoms with Crippen LogP contribution in [0.5, 0.6) is 0 Å². The maximum atomic E-state index is 13.5. The first-order valence-corrected chi connectivity index (χ1v) is 11.2. The van der Waals surface area contributed by atoms with Crippen LogP contribution in [0, 0.1) is 11.6 Å². The van der Waals surface area contributed by atoms with Crippen LogP contribution in [-0.4, -0.2) is 21.0 Å². The normalized spacial score (nSPS) is 16.4. The number of halogens is 3. The molecule has 0 saturated carbocycles. The van der Waals surface area contributed by atoms with Gasteiger partial charge in [-0.1, -0.05) is 48.0 Å². The zero-order chi connectivity index (χ0) is 21.3. The molecule has 0 amide bonds. The summed E-state index contributed by atoms with van der Waals surface area (Å²) in [4.78, 5) is 1.62. The number of nitrogens with one attached hydrogen (secondary N) is 1. The Hall–Kier alpha value is -2.48. The lowest BCUT2D eigenvalue weighted by atomic mass is 9.98. The van der Waals surface area contributed by atoms with Crippen molar-refractivity contribution in [3.63, 3.8) is 0 Å². The summed E-state index contributed by atoms with van der Waals surface area (Å²) >= 11 is 6.19. The summed E-state index contributed by atoms with van der Waals surface area (Å²) in [6.45, 7) is 0.959. The summed E-state index contributed by atoms with van der Waals surface area (Å²) in [5, 5.41) is 0.598. The number of hydrogen-bond acceptors (Lipinski definition) is 3. The van der Waals surface area contributed by atoms with E-state index in [0.29, 0.717) is 30.6 Å². The van der Waals surface area contributed by atoms with Crippen molar-refractivity contribution in [2.45, 2.75) is 23.9 Å². The number of hydrogen-bond donors (Lipinski definition) is 1. The highest BCUT2D eigenvalue weighted by Crippen LogP contribution is 2.32. The molecule has 0 radical (unpaired) electrons. The van der Waals surface area contributed by atoms with Crippen LogP contribution in [0.15, 0.2) is 71.6 Å². The predicted octanol–water partition coefficient (Wildman–Crippen LogP) is 4.53. The van der Waals surface area contributed by atoms with Crippen LogP contribution in [-0.2, 0) is 23.0 Å². The van der Waals surface area contributed by atoms with Crippen molar-refractivity contribution in [3.8, 4) is 0 Å². The fraction of sp³-hybridized carbons (Fsp3) is 0.182. The molecule has 0 aliphatic carbocycles. The number of fused-ring (bicyclic) bond motifs is 1. The van der Waals surface area contributed by atoms with Crippen LogP contribution in [0.25, 0.3) is 0 Å². The van der Waals surface area contributed by atoms with Crippen LogP contribution >= 0.6 is 11.6 Å². The summed E-state index contributed by atoms with van der Waals surface area (Å²) in [6, 6.07) is 17.1. The van der Waals surface area contributed by atoms with Crippen LogP contribution in [0.3, 0.4) is 0 Å². The molecule has 3 aromatic rings. The van der Waals surface area contributed by atoms with Crippen molar-refractivity contribution < 1.29 is 17.2 Å². The van der Waals surface area contributed by atoms with Gasteiger partial charge in [-0.25, -0.2) is 21.9 Å². The SMILES string of the molecule is O=S(=O)(NC1Cc2ccc(Cl)cc2N(Cc2ccccc2)C1)c1cc(F)cc(F)c1. The number of rotatable bonds is 5. The Labute approximate surface area is 179 Å². The minimum Gasteiger partial charge on any atom is -0.365 e. The van der Waals surface area contributed by atoms with Crippen molar-refractivity contribution in [1.29, 1.82) is 0 Å². The number of sulfonamides is 1. The third kappa shape index (κ3) is 4.64. The van der Waals surface area contributed by atoms with E-state index in [1.165, 1.54) is 0 Å². The Bertz CT molecular complexity index is 1150. The van der Waals surface area contributed by atoms with Crippen molar-refractivity contribution in [2.75, 3.05) is 11.4 Å². The molecule has 1 aliphatic heterocycles. The molecule has 4 rings (SSSR count). The van der Waals surface area contributed by atoms with Crippen molar-refractivity contribution >= 4 is 27.3 Å². The summed E-state index contributed by atoms with van der Waals surface area (Å²) < 4.78 is 55.2. The molecule has 0 fully saturated rings. The van der Waals surface area contributed by atoms with E-state index in [9.17, 15) is 17.2 Å². The topological polar surface area (TPSA) is 49.4 Å². The van der Waals surface area contributed by atoms with Gasteiger partial charge in [0, 0.05) is 35.9 Å². The fourth-order valence-electron chi connectivity index (χ4n) is 3.70.